The monoisotopic (exact) mass is 424 g/mol. The smallest absolute Gasteiger partial charge is 0.408 e. The Bertz CT molecular complexity index is 1150. The van der Waals surface area contributed by atoms with Crippen molar-refractivity contribution in [1.82, 2.24) is 9.99 Å². The van der Waals surface area contributed by atoms with E-state index in [0.29, 0.717) is 23.2 Å². The van der Waals surface area contributed by atoms with Crippen LogP contribution in [0.3, 0.4) is 0 Å². The van der Waals surface area contributed by atoms with Crippen LogP contribution < -0.4 is 16.6 Å². The molecule has 2 N–H and O–H groups in total. The minimum absolute atomic E-state index is 0.0482. The summed E-state index contributed by atoms with van der Waals surface area (Å²) in [6.07, 6.45) is -4.53. The maximum Gasteiger partial charge on any atom is 0.419 e. The highest BCUT2D eigenvalue weighted by molar-refractivity contribution is 5.78. The zero-order chi connectivity index (χ0) is 21.9. The number of oxazole rings is 1. The summed E-state index contributed by atoms with van der Waals surface area (Å²) in [6.45, 7) is 0.198. The molecule has 0 spiro atoms. The minimum atomic E-state index is -4.73. The number of halogens is 3. The van der Waals surface area contributed by atoms with Crippen molar-refractivity contribution < 1.29 is 27.3 Å². The molecule has 1 heterocycles. The van der Waals surface area contributed by atoms with E-state index in [1.54, 1.807) is 24.3 Å². The molecule has 0 saturated carbocycles. The predicted octanol–water partition coefficient (Wildman–Crippen LogP) is 3.45. The summed E-state index contributed by atoms with van der Waals surface area (Å²) < 4.78 is 44.6. The van der Waals surface area contributed by atoms with Gasteiger partial charge in [-0.2, -0.15) is 13.2 Å². The summed E-state index contributed by atoms with van der Waals surface area (Å²) in [4.78, 5) is 33.9. The molecule has 158 valence electrons. The molecule has 30 heavy (non-hydrogen) atoms. The van der Waals surface area contributed by atoms with Gasteiger partial charge in [-0.15, -0.1) is 0 Å². The number of rotatable bonds is 7. The van der Waals surface area contributed by atoms with E-state index in [2.05, 4.69) is 10.9 Å². The van der Waals surface area contributed by atoms with Crippen LogP contribution in [0.5, 0.6) is 0 Å². The van der Waals surface area contributed by atoms with Crippen molar-refractivity contribution in [3.05, 3.63) is 68.7 Å². The van der Waals surface area contributed by atoms with Crippen LogP contribution in [0.15, 0.2) is 51.7 Å². The topological polar surface area (TPSA) is 119 Å². The van der Waals surface area contributed by atoms with Gasteiger partial charge in [0.25, 0.3) is 5.69 Å². The molecule has 0 saturated heterocycles. The summed E-state index contributed by atoms with van der Waals surface area (Å²) >= 11 is 0. The molecule has 0 unspecified atom stereocenters. The number of carbonyl (C=O) groups is 1. The fourth-order valence-corrected chi connectivity index (χ4v) is 2.79. The number of benzene rings is 2. The summed E-state index contributed by atoms with van der Waals surface area (Å²) in [5, 5.41) is 11.0. The van der Waals surface area contributed by atoms with Crippen LogP contribution >= 0.6 is 0 Å². The average Bonchev–Trinajstić information content (AvgIpc) is 3.00. The maximum absolute atomic E-state index is 12.7. The molecule has 0 aliphatic heterocycles. The maximum atomic E-state index is 12.7. The Kier molecular flexibility index (Phi) is 5.76. The van der Waals surface area contributed by atoms with E-state index in [4.69, 9.17) is 4.42 Å². The molecule has 12 heteroatoms. The van der Waals surface area contributed by atoms with Crippen LogP contribution in [0.1, 0.15) is 18.4 Å². The first-order valence-electron chi connectivity index (χ1n) is 8.65. The number of amides is 1. The lowest BCUT2D eigenvalue weighted by molar-refractivity contribution is -0.384. The van der Waals surface area contributed by atoms with Crippen LogP contribution in [0.2, 0.25) is 0 Å². The number of carbonyl (C=O) groups excluding carboxylic acids is 1. The summed E-state index contributed by atoms with van der Waals surface area (Å²) in [5.74, 6) is -1.12. The Morgan fingerprint density at radius 2 is 1.93 bits per heavy atom. The molecule has 0 fully saturated rings. The standard InChI is InChI=1S/C18H15F3N4O5/c19-18(20,21)11-7-8-12(14(10-11)25(28)29)22-23-16(26)6-3-9-24-13-4-1-2-5-15(13)30-17(24)27/h1-2,4-5,7-8,10,22H,3,6,9H2,(H,23,26). The molecule has 1 amide bonds. The lowest BCUT2D eigenvalue weighted by atomic mass is 10.1. The summed E-state index contributed by atoms with van der Waals surface area (Å²) in [5.41, 5.74) is 3.16. The zero-order valence-corrected chi connectivity index (χ0v) is 15.2. The fourth-order valence-electron chi connectivity index (χ4n) is 2.79. The molecule has 0 bridgehead atoms. The molecule has 3 aromatic rings. The van der Waals surface area contributed by atoms with E-state index >= 15 is 0 Å². The molecule has 1 aromatic heterocycles. The van der Waals surface area contributed by atoms with Gasteiger partial charge in [-0.3, -0.25) is 30.3 Å². The molecular formula is C18H15F3N4O5. The third kappa shape index (κ3) is 4.59. The van der Waals surface area contributed by atoms with Crippen molar-refractivity contribution in [2.24, 2.45) is 0 Å². The Labute approximate surface area is 166 Å². The van der Waals surface area contributed by atoms with Crippen LogP contribution in [0.4, 0.5) is 24.5 Å². The number of nitro benzene ring substituents is 1. The average molecular weight is 424 g/mol. The quantitative estimate of drug-likeness (QED) is 0.443. The predicted molar refractivity (Wildman–Crippen MR) is 99.6 cm³/mol. The Morgan fingerprint density at radius 3 is 2.63 bits per heavy atom. The van der Waals surface area contributed by atoms with E-state index < -0.39 is 34.0 Å². The number of hydrogen-bond acceptors (Lipinski definition) is 6. The van der Waals surface area contributed by atoms with Crippen molar-refractivity contribution in [2.75, 3.05) is 5.43 Å². The Hall–Kier alpha value is -3.83. The molecule has 0 aliphatic carbocycles. The molecule has 3 rings (SSSR count). The molecular weight excluding hydrogens is 409 g/mol. The fraction of sp³-hybridized carbons (Fsp3) is 0.222. The number of hydrazine groups is 1. The third-order valence-electron chi connectivity index (χ3n) is 4.22. The largest absolute Gasteiger partial charge is 0.419 e. The second kappa shape index (κ2) is 8.27. The number of fused-ring (bicyclic) bond motifs is 1. The van der Waals surface area contributed by atoms with Crippen molar-refractivity contribution in [2.45, 2.75) is 25.6 Å². The van der Waals surface area contributed by atoms with Gasteiger partial charge in [0.2, 0.25) is 5.91 Å². The lowest BCUT2D eigenvalue weighted by Crippen LogP contribution is -2.30. The highest BCUT2D eigenvalue weighted by Gasteiger charge is 2.33. The highest BCUT2D eigenvalue weighted by atomic mass is 19.4. The molecule has 2 aromatic carbocycles. The van der Waals surface area contributed by atoms with Crippen LogP contribution in [-0.4, -0.2) is 15.4 Å². The summed E-state index contributed by atoms with van der Waals surface area (Å²) in [7, 11) is 0. The summed E-state index contributed by atoms with van der Waals surface area (Å²) in [6, 6.07) is 8.70. The number of nitrogens with one attached hydrogen (secondary N) is 2. The number of anilines is 1. The molecule has 0 aliphatic rings. The number of alkyl halides is 3. The second-order valence-electron chi connectivity index (χ2n) is 6.25. The second-order valence-corrected chi connectivity index (χ2v) is 6.25. The molecule has 0 radical (unpaired) electrons. The van der Waals surface area contributed by atoms with E-state index in [1.807, 2.05) is 0 Å². The molecule has 9 nitrogen and oxygen atoms in total. The van der Waals surface area contributed by atoms with Gasteiger partial charge in [0, 0.05) is 19.0 Å². The van der Waals surface area contributed by atoms with Gasteiger partial charge in [-0.25, -0.2) is 4.79 Å². The van der Waals surface area contributed by atoms with Crippen molar-refractivity contribution >= 4 is 28.4 Å². The zero-order valence-electron chi connectivity index (χ0n) is 15.2. The van der Waals surface area contributed by atoms with Gasteiger partial charge in [-0.05, 0) is 30.7 Å². The van der Waals surface area contributed by atoms with Crippen molar-refractivity contribution in [3.63, 3.8) is 0 Å². The number of aryl methyl sites for hydroxylation is 1. The van der Waals surface area contributed by atoms with Gasteiger partial charge in [0.05, 0.1) is 16.0 Å². The first-order chi connectivity index (χ1) is 14.2. The van der Waals surface area contributed by atoms with E-state index in [-0.39, 0.29) is 25.1 Å². The van der Waals surface area contributed by atoms with Gasteiger partial charge in [0.15, 0.2) is 5.58 Å². The molecule has 0 atom stereocenters. The lowest BCUT2D eigenvalue weighted by Gasteiger charge is -2.11. The minimum Gasteiger partial charge on any atom is -0.408 e. The van der Waals surface area contributed by atoms with E-state index in [0.717, 1.165) is 6.07 Å². The SMILES string of the molecule is O=C(CCCn1c(=O)oc2ccccc21)NNc1ccc(C(F)(F)F)cc1[N+](=O)[O-]. The van der Waals surface area contributed by atoms with Crippen LogP contribution in [0, 0.1) is 10.1 Å². The number of para-hydroxylation sites is 2. The number of aromatic nitrogens is 1. The number of nitrogens with zero attached hydrogens (tertiary/aromatic N) is 2. The first-order valence-corrected chi connectivity index (χ1v) is 8.65. The van der Waals surface area contributed by atoms with Gasteiger partial charge in [0.1, 0.15) is 5.69 Å². The first kappa shape index (κ1) is 20.9. The Balaban J connectivity index is 1.59. The highest BCUT2D eigenvalue weighted by Crippen LogP contribution is 2.34. The Morgan fingerprint density at radius 1 is 1.20 bits per heavy atom. The van der Waals surface area contributed by atoms with Gasteiger partial charge >= 0.3 is 11.9 Å². The normalized spacial score (nSPS) is 11.4. The number of hydrogen-bond donors (Lipinski definition) is 2. The number of nitro groups is 1. The third-order valence-corrected chi connectivity index (χ3v) is 4.22. The van der Waals surface area contributed by atoms with E-state index in [1.165, 1.54) is 4.57 Å². The van der Waals surface area contributed by atoms with Crippen LogP contribution in [-0.2, 0) is 17.5 Å². The van der Waals surface area contributed by atoms with Crippen molar-refractivity contribution in [3.8, 4) is 0 Å². The van der Waals surface area contributed by atoms with Crippen LogP contribution in [0.25, 0.3) is 11.1 Å². The van der Waals surface area contributed by atoms with Gasteiger partial charge < -0.3 is 4.42 Å². The van der Waals surface area contributed by atoms with Crippen molar-refractivity contribution in [1.29, 1.82) is 0 Å². The van der Waals surface area contributed by atoms with Gasteiger partial charge in [-0.1, -0.05) is 12.1 Å². The van der Waals surface area contributed by atoms with E-state index in [9.17, 15) is 32.9 Å².